The highest BCUT2D eigenvalue weighted by Crippen LogP contribution is 2.14. The lowest BCUT2D eigenvalue weighted by molar-refractivity contribution is -0.132. The Morgan fingerprint density at radius 1 is 1.12 bits per heavy atom. The standard InChI is InChI=1S/C22H36N2O2/c1-18(2)11-14-26-19(3)22(25)23-16-20-9-8-10-21(15-20)17-24-12-6-4-5-7-13-24/h8-10,15,18-19H,4-7,11-14,16-17H2,1-3H3,(H,23,25). The fraction of sp³-hybridized carbons (Fsp3) is 0.682. The van der Waals surface area contributed by atoms with E-state index >= 15 is 0 Å². The minimum absolute atomic E-state index is 0.0355. The van der Waals surface area contributed by atoms with E-state index < -0.39 is 6.10 Å². The van der Waals surface area contributed by atoms with Crippen LogP contribution in [0.25, 0.3) is 0 Å². The molecule has 26 heavy (non-hydrogen) atoms. The van der Waals surface area contributed by atoms with Crippen molar-refractivity contribution in [1.29, 1.82) is 0 Å². The molecule has 1 fully saturated rings. The number of rotatable bonds is 9. The van der Waals surface area contributed by atoms with Gasteiger partial charge in [-0.3, -0.25) is 9.69 Å². The second-order valence-corrected chi connectivity index (χ2v) is 7.92. The zero-order valence-corrected chi connectivity index (χ0v) is 16.8. The first-order valence-corrected chi connectivity index (χ1v) is 10.2. The van der Waals surface area contributed by atoms with E-state index in [2.05, 4.69) is 48.3 Å². The predicted octanol–water partition coefficient (Wildman–Crippen LogP) is 4.13. The molecule has 0 spiro atoms. The van der Waals surface area contributed by atoms with Gasteiger partial charge in [-0.2, -0.15) is 0 Å². The molecule has 0 aliphatic carbocycles. The van der Waals surface area contributed by atoms with E-state index in [-0.39, 0.29) is 5.91 Å². The van der Waals surface area contributed by atoms with Crippen LogP contribution in [0.2, 0.25) is 0 Å². The minimum Gasteiger partial charge on any atom is -0.369 e. The van der Waals surface area contributed by atoms with Gasteiger partial charge in [0, 0.05) is 19.7 Å². The molecule has 0 aromatic heterocycles. The van der Waals surface area contributed by atoms with Crippen molar-refractivity contribution in [1.82, 2.24) is 10.2 Å². The van der Waals surface area contributed by atoms with Gasteiger partial charge in [-0.15, -0.1) is 0 Å². The van der Waals surface area contributed by atoms with E-state index in [1.54, 1.807) is 0 Å². The Kier molecular flexibility index (Phi) is 9.13. The zero-order chi connectivity index (χ0) is 18.8. The van der Waals surface area contributed by atoms with Crippen molar-refractivity contribution in [2.75, 3.05) is 19.7 Å². The topological polar surface area (TPSA) is 41.6 Å². The van der Waals surface area contributed by atoms with E-state index in [9.17, 15) is 4.79 Å². The molecule has 2 rings (SSSR count). The molecule has 146 valence electrons. The molecular formula is C22H36N2O2. The minimum atomic E-state index is -0.394. The number of likely N-dealkylation sites (tertiary alicyclic amines) is 1. The van der Waals surface area contributed by atoms with Gasteiger partial charge in [0.05, 0.1) is 0 Å². The van der Waals surface area contributed by atoms with E-state index in [0.717, 1.165) is 18.5 Å². The molecule has 1 N–H and O–H groups in total. The highest BCUT2D eigenvalue weighted by molar-refractivity contribution is 5.80. The zero-order valence-electron chi connectivity index (χ0n) is 16.8. The molecule has 4 nitrogen and oxygen atoms in total. The van der Waals surface area contributed by atoms with E-state index in [0.29, 0.717) is 19.1 Å². The number of benzene rings is 1. The molecule has 1 aromatic carbocycles. The molecule has 1 aliphatic heterocycles. The van der Waals surface area contributed by atoms with Crippen LogP contribution in [-0.2, 0) is 22.6 Å². The van der Waals surface area contributed by atoms with Gasteiger partial charge in [0.15, 0.2) is 0 Å². The van der Waals surface area contributed by atoms with Crippen LogP contribution in [0.3, 0.4) is 0 Å². The van der Waals surface area contributed by atoms with Crippen LogP contribution < -0.4 is 5.32 Å². The number of nitrogens with one attached hydrogen (secondary N) is 1. The molecule has 1 unspecified atom stereocenters. The fourth-order valence-electron chi connectivity index (χ4n) is 3.28. The number of carbonyl (C=O) groups excluding carboxylic acids is 1. The van der Waals surface area contributed by atoms with Gasteiger partial charge in [0.1, 0.15) is 6.10 Å². The molecule has 1 saturated heterocycles. The first-order chi connectivity index (χ1) is 12.5. The van der Waals surface area contributed by atoms with Gasteiger partial charge in [0.25, 0.3) is 0 Å². The van der Waals surface area contributed by atoms with Gasteiger partial charge >= 0.3 is 0 Å². The smallest absolute Gasteiger partial charge is 0.249 e. The van der Waals surface area contributed by atoms with Crippen LogP contribution >= 0.6 is 0 Å². The summed E-state index contributed by atoms with van der Waals surface area (Å²) in [5.74, 6) is 0.559. The maximum absolute atomic E-state index is 12.2. The van der Waals surface area contributed by atoms with Crippen LogP contribution in [0.1, 0.15) is 64.0 Å². The Hall–Kier alpha value is -1.39. The first-order valence-electron chi connectivity index (χ1n) is 10.2. The van der Waals surface area contributed by atoms with Crippen LogP contribution in [0, 0.1) is 5.92 Å². The van der Waals surface area contributed by atoms with Crippen molar-refractivity contribution < 1.29 is 9.53 Å². The summed E-state index contributed by atoms with van der Waals surface area (Å²) < 4.78 is 5.62. The summed E-state index contributed by atoms with van der Waals surface area (Å²) in [5, 5.41) is 3.00. The molecule has 1 atom stereocenters. The van der Waals surface area contributed by atoms with Gasteiger partial charge < -0.3 is 10.1 Å². The molecule has 4 heteroatoms. The molecule has 1 heterocycles. The first kappa shape index (κ1) is 20.9. The Bertz CT molecular complexity index is 537. The largest absolute Gasteiger partial charge is 0.369 e. The lowest BCUT2D eigenvalue weighted by Crippen LogP contribution is -2.34. The highest BCUT2D eigenvalue weighted by Gasteiger charge is 2.13. The molecule has 0 saturated carbocycles. The van der Waals surface area contributed by atoms with Crippen LogP contribution in [0.4, 0.5) is 0 Å². The average molecular weight is 361 g/mol. The van der Waals surface area contributed by atoms with Crippen LogP contribution in [0.5, 0.6) is 0 Å². The summed E-state index contributed by atoms with van der Waals surface area (Å²) in [4.78, 5) is 14.7. The monoisotopic (exact) mass is 360 g/mol. The molecule has 1 aromatic rings. The highest BCUT2D eigenvalue weighted by atomic mass is 16.5. The van der Waals surface area contributed by atoms with Crippen LogP contribution in [-0.4, -0.2) is 36.6 Å². The summed E-state index contributed by atoms with van der Waals surface area (Å²) in [6.45, 7) is 10.8. The second-order valence-electron chi connectivity index (χ2n) is 7.92. The van der Waals surface area contributed by atoms with Gasteiger partial charge in [-0.25, -0.2) is 0 Å². The number of carbonyl (C=O) groups is 1. The molecular weight excluding hydrogens is 324 g/mol. The van der Waals surface area contributed by atoms with Gasteiger partial charge in [0.2, 0.25) is 5.91 Å². The molecule has 0 radical (unpaired) electrons. The number of nitrogens with zero attached hydrogens (tertiary/aromatic N) is 1. The summed E-state index contributed by atoms with van der Waals surface area (Å²) in [6, 6.07) is 8.58. The van der Waals surface area contributed by atoms with Crippen molar-refractivity contribution in [2.45, 2.75) is 72.1 Å². The summed E-state index contributed by atoms with van der Waals surface area (Å²) >= 11 is 0. The normalized spacial score (nSPS) is 17.1. The van der Waals surface area contributed by atoms with E-state index in [4.69, 9.17) is 4.74 Å². The Morgan fingerprint density at radius 2 is 1.81 bits per heavy atom. The third kappa shape index (κ3) is 7.88. The molecule has 1 aliphatic rings. The maximum atomic E-state index is 12.2. The van der Waals surface area contributed by atoms with Crippen molar-refractivity contribution >= 4 is 5.91 Å². The Morgan fingerprint density at radius 3 is 2.50 bits per heavy atom. The SMILES string of the molecule is CC(C)CCOC(C)C(=O)NCc1cccc(CN2CCCCCC2)c1. The van der Waals surface area contributed by atoms with Crippen molar-refractivity contribution in [3.8, 4) is 0 Å². The Labute approximate surface area is 159 Å². The quantitative estimate of drug-likeness (QED) is 0.720. The van der Waals surface area contributed by atoms with E-state index in [1.807, 2.05) is 6.92 Å². The fourth-order valence-corrected chi connectivity index (χ4v) is 3.28. The van der Waals surface area contributed by atoms with Crippen molar-refractivity contribution in [3.63, 3.8) is 0 Å². The maximum Gasteiger partial charge on any atom is 0.249 e. The number of amides is 1. The Balaban J connectivity index is 1.77. The lowest BCUT2D eigenvalue weighted by Gasteiger charge is -2.20. The summed E-state index contributed by atoms with van der Waals surface area (Å²) in [7, 11) is 0. The molecule has 1 amide bonds. The third-order valence-electron chi connectivity index (χ3n) is 5.00. The second kappa shape index (κ2) is 11.3. The van der Waals surface area contributed by atoms with Gasteiger partial charge in [-0.05, 0) is 56.3 Å². The van der Waals surface area contributed by atoms with Crippen LogP contribution in [0.15, 0.2) is 24.3 Å². The summed E-state index contributed by atoms with van der Waals surface area (Å²) in [6.07, 6.45) is 5.93. The molecule has 0 bridgehead atoms. The predicted molar refractivity (Wildman–Crippen MR) is 107 cm³/mol. The van der Waals surface area contributed by atoms with E-state index in [1.165, 1.54) is 44.3 Å². The van der Waals surface area contributed by atoms with Crippen molar-refractivity contribution in [3.05, 3.63) is 35.4 Å². The van der Waals surface area contributed by atoms with Gasteiger partial charge in [-0.1, -0.05) is 51.0 Å². The van der Waals surface area contributed by atoms with Crippen molar-refractivity contribution in [2.24, 2.45) is 5.92 Å². The number of hydrogen-bond acceptors (Lipinski definition) is 3. The number of ether oxygens (including phenoxy) is 1. The summed E-state index contributed by atoms with van der Waals surface area (Å²) in [5.41, 5.74) is 2.49. The number of hydrogen-bond donors (Lipinski definition) is 1. The third-order valence-corrected chi connectivity index (χ3v) is 5.00. The average Bonchev–Trinajstić information content (AvgIpc) is 2.88. The lowest BCUT2D eigenvalue weighted by atomic mass is 10.1.